The van der Waals surface area contributed by atoms with Crippen LogP contribution < -0.4 is 9.21 Å². The van der Waals surface area contributed by atoms with Gasteiger partial charge in [-0.15, -0.1) is 0 Å². The van der Waals surface area contributed by atoms with Crippen molar-refractivity contribution in [2.24, 2.45) is 0 Å². The van der Waals surface area contributed by atoms with Crippen molar-refractivity contribution in [1.29, 1.82) is 0 Å². The Morgan fingerprint density at radius 2 is 1.71 bits per heavy atom. The third-order valence-corrected chi connectivity index (χ3v) is 7.64. The van der Waals surface area contributed by atoms with Crippen LogP contribution in [-0.4, -0.2) is 26.9 Å². The number of para-hydroxylation sites is 2. The van der Waals surface area contributed by atoms with Crippen LogP contribution in [0.2, 0.25) is 0 Å². The number of sulfonamides is 1. The van der Waals surface area contributed by atoms with E-state index in [9.17, 15) is 13.2 Å². The third kappa shape index (κ3) is 3.95. The van der Waals surface area contributed by atoms with Crippen LogP contribution in [0.3, 0.4) is 0 Å². The maximum atomic E-state index is 13.5. The number of hydrogen-bond donors (Lipinski definition) is 0. The number of amides is 1. The zero-order valence-electron chi connectivity index (χ0n) is 17.7. The molecule has 0 bridgehead atoms. The lowest BCUT2D eigenvalue weighted by molar-refractivity contribution is 0.0975. The smallest absolute Gasteiger partial charge is 0.264 e. The Morgan fingerprint density at radius 3 is 2.45 bits per heavy atom. The fourth-order valence-electron chi connectivity index (χ4n) is 4.14. The summed E-state index contributed by atoms with van der Waals surface area (Å²) in [5, 5.41) is 0. The number of benzene rings is 3. The van der Waals surface area contributed by atoms with Gasteiger partial charge >= 0.3 is 0 Å². The van der Waals surface area contributed by atoms with E-state index < -0.39 is 10.0 Å². The Morgan fingerprint density at radius 1 is 1.00 bits per heavy atom. The van der Waals surface area contributed by atoms with Gasteiger partial charge in [0.2, 0.25) is 0 Å². The molecule has 5 nitrogen and oxygen atoms in total. The maximum absolute atomic E-state index is 13.5. The summed E-state index contributed by atoms with van der Waals surface area (Å²) in [6.07, 6.45) is 1.80. The van der Waals surface area contributed by atoms with Gasteiger partial charge in [0.25, 0.3) is 15.9 Å². The predicted octanol–water partition coefficient (Wildman–Crippen LogP) is 4.88. The molecule has 0 saturated carbocycles. The molecule has 3 aromatic carbocycles. The van der Waals surface area contributed by atoms with Crippen LogP contribution in [0.5, 0.6) is 0 Å². The van der Waals surface area contributed by atoms with Crippen LogP contribution in [0, 0.1) is 0 Å². The Kier molecular flexibility index (Phi) is 5.83. The van der Waals surface area contributed by atoms with Gasteiger partial charge in [-0.3, -0.25) is 9.10 Å². The molecule has 1 atom stereocenters. The highest BCUT2D eigenvalue weighted by Gasteiger charge is 2.30. The highest BCUT2D eigenvalue weighted by molar-refractivity contribution is 7.92. The molecule has 1 unspecified atom stereocenters. The van der Waals surface area contributed by atoms with Gasteiger partial charge in [-0.25, -0.2) is 8.42 Å². The molecule has 6 heteroatoms. The number of hydrogen-bond acceptors (Lipinski definition) is 3. The normalized spacial score (nSPS) is 15.9. The SMILES string of the molecule is CCN(c1ccccc1)S(=O)(=O)c1cccc(C(=O)N2c3ccccc3CCC2C)c1. The van der Waals surface area contributed by atoms with Crippen molar-refractivity contribution in [3.8, 4) is 0 Å². The number of nitrogens with zero attached hydrogens (tertiary/aromatic N) is 2. The summed E-state index contributed by atoms with van der Waals surface area (Å²) in [5.41, 5.74) is 3.01. The summed E-state index contributed by atoms with van der Waals surface area (Å²) in [6.45, 7) is 4.12. The molecule has 1 amide bonds. The van der Waals surface area contributed by atoms with E-state index in [4.69, 9.17) is 0 Å². The molecule has 0 aromatic heterocycles. The van der Waals surface area contributed by atoms with Gasteiger partial charge in [0.05, 0.1) is 10.6 Å². The summed E-state index contributed by atoms with van der Waals surface area (Å²) in [5.74, 6) is -0.181. The van der Waals surface area contributed by atoms with Crippen molar-refractivity contribution in [3.05, 3.63) is 90.0 Å². The first-order valence-electron chi connectivity index (χ1n) is 10.5. The van der Waals surface area contributed by atoms with E-state index in [2.05, 4.69) is 0 Å². The molecular weight excluding hydrogens is 408 g/mol. The van der Waals surface area contributed by atoms with Crippen molar-refractivity contribution >= 4 is 27.3 Å². The topological polar surface area (TPSA) is 57.7 Å². The quantitative estimate of drug-likeness (QED) is 0.575. The molecule has 0 spiro atoms. The van der Waals surface area contributed by atoms with E-state index in [0.717, 1.165) is 24.1 Å². The summed E-state index contributed by atoms with van der Waals surface area (Å²) in [4.78, 5) is 15.4. The zero-order valence-corrected chi connectivity index (χ0v) is 18.5. The molecule has 0 N–H and O–H groups in total. The number of anilines is 2. The van der Waals surface area contributed by atoms with Crippen LogP contribution in [-0.2, 0) is 16.4 Å². The Labute approximate surface area is 184 Å². The van der Waals surface area contributed by atoms with E-state index in [1.54, 1.807) is 42.2 Å². The molecule has 0 radical (unpaired) electrons. The average molecular weight is 435 g/mol. The minimum Gasteiger partial charge on any atom is -0.305 e. The minimum atomic E-state index is -3.80. The van der Waals surface area contributed by atoms with Gasteiger partial charge in [0.15, 0.2) is 0 Å². The molecule has 160 valence electrons. The van der Waals surface area contributed by atoms with Gasteiger partial charge < -0.3 is 4.90 Å². The van der Waals surface area contributed by atoms with Gasteiger partial charge in [-0.05, 0) is 68.7 Å². The predicted molar refractivity (Wildman–Crippen MR) is 124 cm³/mol. The van der Waals surface area contributed by atoms with E-state index in [-0.39, 0.29) is 16.8 Å². The van der Waals surface area contributed by atoms with Gasteiger partial charge in [-0.2, -0.15) is 0 Å². The second kappa shape index (κ2) is 8.55. The van der Waals surface area contributed by atoms with Crippen LogP contribution in [0.4, 0.5) is 11.4 Å². The van der Waals surface area contributed by atoms with Crippen molar-refractivity contribution in [2.45, 2.75) is 37.6 Å². The molecule has 0 saturated heterocycles. The van der Waals surface area contributed by atoms with Crippen molar-refractivity contribution in [2.75, 3.05) is 15.7 Å². The highest BCUT2D eigenvalue weighted by Crippen LogP contribution is 2.32. The number of aryl methyl sites for hydroxylation is 1. The van der Waals surface area contributed by atoms with E-state index in [1.807, 2.05) is 49.4 Å². The first-order chi connectivity index (χ1) is 14.9. The van der Waals surface area contributed by atoms with Gasteiger partial charge in [-0.1, -0.05) is 42.5 Å². The molecule has 0 aliphatic carbocycles. The van der Waals surface area contributed by atoms with Crippen LogP contribution >= 0.6 is 0 Å². The molecule has 31 heavy (non-hydrogen) atoms. The monoisotopic (exact) mass is 434 g/mol. The molecule has 3 aromatic rings. The second-order valence-corrected chi connectivity index (χ2v) is 9.59. The first-order valence-corrected chi connectivity index (χ1v) is 12.0. The standard InChI is InChI=1S/C25H26N2O3S/c1-3-26(22-12-5-4-6-13-22)31(29,30)23-14-9-11-21(18-23)25(28)27-19(2)16-17-20-10-7-8-15-24(20)27/h4-15,18-19H,3,16-17H2,1-2H3. The number of rotatable bonds is 5. The Bertz CT molecular complexity index is 1190. The highest BCUT2D eigenvalue weighted by atomic mass is 32.2. The maximum Gasteiger partial charge on any atom is 0.264 e. The van der Waals surface area contributed by atoms with E-state index >= 15 is 0 Å². The number of fused-ring (bicyclic) bond motifs is 1. The fraction of sp³-hybridized carbons (Fsp3) is 0.240. The van der Waals surface area contributed by atoms with Crippen LogP contribution in [0.15, 0.2) is 83.8 Å². The largest absolute Gasteiger partial charge is 0.305 e. The van der Waals surface area contributed by atoms with Gasteiger partial charge in [0.1, 0.15) is 0 Å². The number of carbonyl (C=O) groups is 1. The van der Waals surface area contributed by atoms with Crippen LogP contribution in [0.25, 0.3) is 0 Å². The Hall–Kier alpha value is -3.12. The lowest BCUT2D eigenvalue weighted by atomic mass is 9.96. The Balaban J connectivity index is 1.71. The first kappa shape index (κ1) is 21.1. The average Bonchev–Trinajstić information content (AvgIpc) is 2.80. The lowest BCUT2D eigenvalue weighted by Crippen LogP contribution is -2.42. The molecule has 1 aliphatic heterocycles. The molecular formula is C25H26N2O3S. The summed E-state index contributed by atoms with van der Waals surface area (Å²) in [7, 11) is -3.80. The third-order valence-electron chi connectivity index (χ3n) is 5.74. The molecule has 4 rings (SSSR count). The molecule has 1 aliphatic rings. The molecule has 0 fully saturated rings. The van der Waals surface area contributed by atoms with E-state index in [1.165, 1.54) is 10.4 Å². The van der Waals surface area contributed by atoms with Crippen LogP contribution in [0.1, 0.15) is 36.2 Å². The van der Waals surface area contributed by atoms with Crippen molar-refractivity contribution in [1.82, 2.24) is 0 Å². The van der Waals surface area contributed by atoms with Crippen molar-refractivity contribution in [3.63, 3.8) is 0 Å². The van der Waals surface area contributed by atoms with Gasteiger partial charge in [0, 0.05) is 23.8 Å². The fourth-order valence-corrected chi connectivity index (χ4v) is 5.66. The second-order valence-electron chi connectivity index (χ2n) is 7.72. The zero-order chi connectivity index (χ0) is 22.0. The lowest BCUT2D eigenvalue weighted by Gasteiger charge is -2.35. The minimum absolute atomic E-state index is 0.0409. The van der Waals surface area contributed by atoms with Crippen molar-refractivity contribution < 1.29 is 13.2 Å². The summed E-state index contributed by atoms with van der Waals surface area (Å²) >= 11 is 0. The number of carbonyl (C=O) groups excluding carboxylic acids is 1. The summed E-state index contributed by atoms with van der Waals surface area (Å²) < 4.78 is 28.1. The molecule has 1 heterocycles. The summed E-state index contributed by atoms with van der Waals surface area (Å²) in [6, 6.07) is 23.3. The van der Waals surface area contributed by atoms with E-state index in [0.29, 0.717) is 17.8 Å².